The number of amides is 1. The molecule has 5 nitrogen and oxygen atoms in total. The quantitative estimate of drug-likeness (QED) is 0.346. The smallest absolute Gasteiger partial charge is 0.294 e. The summed E-state index contributed by atoms with van der Waals surface area (Å²) in [5.74, 6) is -5.81. The highest BCUT2D eigenvalue weighted by Crippen LogP contribution is 2.42. The molecule has 3 aromatic carbocycles. The third kappa shape index (κ3) is 3.52. The standard InChI is InChI=1S/C25H13ClF3NO4/c26-14-3-8-19-13(9-14)10-20(34-19)23(31)21-22(12-1-4-15(27)5-2-12)30(25(33)24(21)32)16-6-7-17(28)18(29)11-16/h1-11,22,32H. The maximum absolute atomic E-state index is 14.0. The molecule has 1 aliphatic rings. The van der Waals surface area contributed by atoms with Crippen molar-refractivity contribution in [3.63, 3.8) is 0 Å². The number of hydrogen-bond donors (Lipinski definition) is 1. The van der Waals surface area contributed by atoms with E-state index in [-0.39, 0.29) is 22.6 Å². The number of benzene rings is 3. The predicted molar refractivity (Wildman–Crippen MR) is 118 cm³/mol. The first kappa shape index (κ1) is 21.8. The maximum Gasteiger partial charge on any atom is 0.294 e. The summed E-state index contributed by atoms with van der Waals surface area (Å²) in [7, 11) is 0. The second-order valence-electron chi connectivity index (χ2n) is 7.61. The highest BCUT2D eigenvalue weighted by atomic mass is 35.5. The molecule has 1 unspecified atom stereocenters. The summed E-state index contributed by atoms with van der Waals surface area (Å²) in [6, 6.07) is 12.5. The van der Waals surface area contributed by atoms with Crippen LogP contribution in [0.25, 0.3) is 11.0 Å². The van der Waals surface area contributed by atoms with Crippen molar-refractivity contribution in [3.8, 4) is 0 Å². The average Bonchev–Trinajstić information content (AvgIpc) is 3.34. The minimum absolute atomic E-state index is 0.107. The second-order valence-corrected chi connectivity index (χ2v) is 8.05. The summed E-state index contributed by atoms with van der Waals surface area (Å²) in [6.07, 6.45) is 0. The molecule has 1 atom stereocenters. The second kappa shape index (κ2) is 8.07. The molecule has 1 aliphatic heterocycles. The van der Waals surface area contributed by atoms with Gasteiger partial charge in [-0.25, -0.2) is 13.2 Å². The molecule has 1 aromatic heterocycles. The molecule has 9 heteroatoms. The summed E-state index contributed by atoms with van der Waals surface area (Å²) >= 11 is 5.99. The molecule has 0 radical (unpaired) electrons. The third-order valence-corrected chi connectivity index (χ3v) is 5.76. The first-order chi connectivity index (χ1) is 16.2. The molecule has 0 aliphatic carbocycles. The van der Waals surface area contributed by atoms with Crippen LogP contribution in [0.15, 0.2) is 82.5 Å². The van der Waals surface area contributed by atoms with Crippen LogP contribution in [-0.2, 0) is 4.79 Å². The predicted octanol–water partition coefficient (Wildman–Crippen LogP) is 6.29. The van der Waals surface area contributed by atoms with Gasteiger partial charge in [-0.15, -0.1) is 0 Å². The molecule has 0 saturated carbocycles. The van der Waals surface area contributed by atoms with Crippen molar-refractivity contribution in [2.24, 2.45) is 0 Å². The van der Waals surface area contributed by atoms with Crippen LogP contribution in [0.3, 0.4) is 0 Å². The SMILES string of the molecule is O=C(C1=C(O)C(=O)N(c2ccc(F)c(F)c2)C1c1ccc(F)cc1)c1cc2cc(Cl)ccc2o1. The lowest BCUT2D eigenvalue weighted by molar-refractivity contribution is -0.117. The highest BCUT2D eigenvalue weighted by Gasteiger charge is 2.45. The van der Waals surface area contributed by atoms with E-state index < -0.39 is 40.9 Å². The van der Waals surface area contributed by atoms with Gasteiger partial charge in [-0.3, -0.25) is 14.5 Å². The Morgan fingerprint density at radius 2 is 1.68 bits per heavy atom. The van der Waals surface area contributed by atoms with E-state index in [4.69, 9.17) is 16.0 Å². The van der Waals surface area contributed by atoms with Gasteiger partial charge < -0.3 is 9.52 Å². The van der Waals surface area contributed by atoms with E-state index in [2.05, 4.69) is 0 Å². The zero-order valence-corrected chi connectivity index (χ0v) is 17.8. The normalized spacial score (nSPS) is 16.1. The van der Waals surface area contributed by atoms with Crippen LogP contribution in [0.2, 0.25) is 5.02 Å². The van der Waals surface area contributed by atoms with Crippen LogP contribution in [0.1, 0.15) is 22.2 Å². The average molecular weight is 484 g/mol. The monoisotopic (exact) mass is 483 g/mol. The number of aliphatic hydroxyl groups is 1. The number of nitrogens with zero attached hydrogens (tertiary/aromatic N) is 1. The number of hydrogen-bond acceptors (Lipinski definition) is 4. The molecule has 0 spiro atoms. The van der Waals surface area contributed by atoms with Gasteiger partial charge in [-0.05, 0) is 54.1 Å². The van der Waals surface area contributed by atoms with Crippen LogP contribution in [0.5, 0.6) is 0 Å². The lowest BCUT2D eigenvalue weighted by Gasteiger charge is -2.26. The van der Waals surface area contributed by atoms with Crippen molar-refractivity contribution in [2.75, 3.05) is 4.90 Å². The van der Waals surface area contributed by atoms with Gasteiger partial charge in [0.1, 0.15) is 11.4 Å². The van der Waals surface area contributed by atoms with Gasteiger partial charge in [-0.2, -0.15) is 0 Å². The largest absolute Gasteiger partial charge is 0.503 e. The van der Waals surface area contributed by atoms with E-state index in [1.54, 1.807) is 18.2 Å². The summed E-state index contributed by atoms with van der Waals surface area (Å²) in [5.41, 5.74) is 0.148. The zero-order valence-electron chi connectivity index (χ0n) is 17.1. The Balaban J connectivity index is 1.66. The number of aliphatic hydroxyl groups excluding tert-OH is 1. The Hall–Kier alpha value is -4.04. The van der Waals surface area contributed by atoms with Crippen molar-refractivity contribution in [3.05, 3.63) is 112 Å². The van der Waals surface area contributed by atoms with Crippen molar-refractivity contribution < 1.29 is 32.3 Å². The first-order valence-electron chi connectivity index (χ1n) is 9.95. The van der Waals surface area contributed by atoms with Crippen LogP contribution < -0.4 is 4.90 Å². The summed E-state index contributed by atoms with van der Waals surface area (Å²) in [4.78, 5) is 27.5. The molecule has 1 N–H and O–H groups in total. The number of Topliss-reactive ketones (excluding diaryl/α,β-unsaturated/α-hetero) is 1. The Labute approximate surface area is 195 Å². The molecule has 1 amide bonds. The molecule has 0 fully saturated rings. The number of carbonyl (C=O) groups is 2. The first-order valence-corrected chi connectivity index (χ1v) is 10.3. The van der Waals surface area contributed by atoms with Crippen LogP contribution >= 0.6 is 11.6 Å². The fraction of sp³-hybridized carbons (Fsp3) is 0.0400. The van der Waals surface area contributed by atoms with Gasteiger partial charge in [0.05, 0.1) is 11.6 Å². The number of fused-ring (bicyclic) bond motifs is 1. The minimum atomic E-state index is -1.26. The fourth-order valence-corrected chi connectivity index (χ4v) is 4.14. The van der Waals surface area contributed by atoms with E-state index in [1.807, 2.05) is 0 Å². The number of carbonyl (C=O) groups excluding carboxylic acids is 2. The van der Waals surface area contributed by atoms with Crippen LogP contribution in [-0.4, -0.2) is 16.8 Å². The van der Waals surface area contributed by atoms with E-state index in [9.17, 15) is 27.9 Å². The number of halogens is 4. The van der Waals surface area contributed by atoms with Crippen molar-refractivity contribution in [1.29, 1.82) is 0 Å². The molecule has 5 rings (SSSR count). The van der Waals surface area contributed by atoms with Gasteiger partial charge in [0.25, 0.3) is 5.91 Å². The number of furan rings is 1. The highest BCUT2D eigenvalue weighted by molar-refractivity contribution is 6.31. The van der Waals surface area contributed by atoms with Gasteiger partial charge >= 0.3 is 0 Å². The van der Waals surface area contributed by atoms with E-state index >= 15 is 0 Å². The molecular formula is C25H13ClF3NO4. The van der Waals surface area contributed by atoms with E-state index in [0.717, 1.165) is 35.2 Å². The molecule has 170 valence electrons. The topological polar surface area (TPSA) is 70.8 Å². The molecule has 34 heavy (non-hydrogen) atoms. The van der Waals surface area contributed by atoms with Crippen molar-refractivity contribution >= 4 is 39.9 Å². The third-order valence-electron chi connectivity index (χ3n) is 5.52. The van der Waals surface area contributed by atoms with Gasteiger partial charge in [0.15, 0.2) is 23.2 Å². The van der Waals surface area contributed by atoms with Gasteiger partial charge in [0, 0.05) is 22.2 Å². The van der Waals surface area contributed by atoms with Crippen molar-refractivity contribution in [1.82, 2.24) is 0 Å². The molecule has 2 heterocycles. The Kier molecular flexibility index (Phi) is 5.17. The maximum atomic E-state index is 14.0. The molecule has 4 aromatic rings. The van der Waals surface area contributed by atoms with Crippen LogP contribution in [0.4, 0.5) is 18.9 Å². The lowest BCUT2D eigenvalue weighted by atomic mass is 9.94. The Bertz CT molecular complexity index is 1510. The Morgan fingerprint density at radius 1 is 0.941 bits per heavy atom. The summed E-state index contributed by atoms with van der Waals surface area (Å²) < 4.78 is 46.7. The number of anilines is 1. The number of rotatable bonds is 4. The summed E-state index contributed by atoms with van der Waals surface area (Å²) in [5, 5.41) is 11.7. The van der Waals surface area contributed by atoms with Gasteiger partial charge in [-0.1, -0.05) is 23.7 Å². The Morgan fingerprint density at radius 3 is 2.38 bits per heavy atom. The molecular weight excluding hydrogens is 471 g/mol. The fourth-order valence-electron chi connectivity index (χ4n) is 3.96. The van der Waals surface area contributed by atoms with Crippen molar-refractivity contribution in [2.45, 2.75) is 6.04 Å². The van der Waals surface area contributed by atoms with E-state index in [0.29, 0.717) is 16.0 Å². The lowest BCUT2D eigenvalue weighted by Crippen LogP contribution is -2.31. The van der Waals surface area contributed by atoms with Crippen LogP contribution in [0, 0.1) is 17.5 Å². The molecule has 0 bridgehead atoms. The molecule has 0 saturated heterocycles. The zero-order chi connectivity index (χ0) is 24.1. The number of ketones is 1. The minimum Gasteiger partial charge on any atom is -0.503 e. The summed E-state index contributed by atoms with van der Waals surface area (Å²) in [6.45, 7) is 0. The van der Waals surface area contributed by atoms with Gasteiger partial charge in [0.2, 0.25) is 5.78 Å². The van der Waals surface area contributed by atoms with E-state index in [1.165, 1.54) is 18.2 Å².